The molecule has 3 aromatic rings. The quantitative estimate of drug-likeness (QED) is 0.285. The van der Waals surface area contributed by atoms with Crippen LogP contribution in [0.4, 0.5) is 0 Å². The van der Waals surface area contributed by atoms with E-state index in [1.165, 1.54) is 0 Å². The number of carboxylic acid groups (broad SMARTS) is 1. The molecule has 0 aromatic heterocycles. The molecule has 0 saturated heterocycles. The molecule has 0 bridgehead atoms. The second-order valence-electron chi connectivity index (χ2n) is 6.50. The number of phenolic OH excluding ortho intramolecular Hbond substituents is 1. The van der Waals surface area contributed by atoms with Crippen molar-refractivity contribution in [1.29, 1.82) is 0 Å². The molecule has 0 heterocycles. The number of rotatable bonds is 7. The maximum Gasteiger partial charge on any atom is 0.328 e. The van der Waals surface area contributed by atoms with Gasteiger partial charge in [-0.2, -0.15) is 0 Å². The fraction of sp³-hybridized carbons (Fsp3) is 0.0800. The highest BCUT2D eigenvalue weighted by molar-refractivity contribution is 6.18. The van der Waals surface area contributed by atoms with Crippen LogP contribution in [0.5, 0.6) is 5.75 Å². The zero-order valence-corrected chi connectivity index (χ0v) is 16.5. The molecule has 0 atom stereocenters. The largest absolute Gasteiger partial charge is 0.508 e. The van der Waals surface area contributed by atoms with Crippen molar-refractivity contribution in [3.63, 3.8) is 0 Å². The lowest BCUT2D eigenvalue weighted by atomic mass is 9.88. The van der Waals surface area contributed by atoms with Crippen molar-refractivity contribution in [3.05, 3.63) is 107 Å². The van der Waals surface area contributed by atoms with E-state index in [0.717, 1.165) is 39.5 Å². The molecule has 2 N–H and O–H groups in total. The maximum absolute atomic E-state index is 10.8. The minimum atomic E-state index is -0.979. The van der Waals surface area contributed by atoms with Gasteiger partial charge in [0.05, 0.1) is 0 Å². The second-order valence-corrected chi connectivity index (χ2v) is 6.88. The van der Waals surface area contributed by atoms with Crippen LogP contribution in [0.3, 0.4) is 0 Å². The summed E-state index contributed by atoms with van der Waals surface area (Å²) in [5.74, 6) is -0.293. The van der Waals surface area contributed by atoms with Gasteiger partial charge in [-0.3, -0.25) is 0 Å². The second kappa shape index (κ2) is 9.76. The Labute approximate surface area is 175 Å². The highest BCUT2D eigenvalue weighted by Gasteiger charge is 2.14. The zero-order valence-electron chi connectivity index (χ0n) is 15.8. The summed E-state index contributed by atoms with van der Waals surface area (Å²) in [7, 11) is 0. The number of carbonyl (C=O) groups is 1. The van der Waals surface area contributed by atoms with Gasteiger partial charge in [-0.15, -0.1) is 11.6 Å². The minimum Gasteiger partial charge on any atom is -0.508 e. The summed E-state index contributed by atoms with van der Waals surface area (Å²) in [5.41, 5.74) is 6.00. The summed E-state index contributed by atoms with van der Waals surface area (Å²) < 4.78 is 0. The van der Waals surface area contributed by atoms with Gasteiger partial charge in [0.2, 0.25) is 0 Å². The normalized spacial score (nSPS) is 12.0. The highest BCUT2D eigenvalue weighted by Crippen LogP contribution is 2.35. The molecule has 3 aromatic carbocycles. The monoisotopic (exact) mass is 404 g/mol. The minimum absolute atomic E-state index is 0.209. The molecule has 4 heteroatoms. The number of benzene rings is 3. The van der Waals surface area contributed by atoms with Crippen LogP contribution in [0.25, 0.3) is 17.2 Å². The molecule has 0 aliphatic rings. The Hall–Kier alpha value is -3.30. The Bertz CT molecular complexity index is 1020. The summed E-state index contributed by atoms with van der Waals surface area (Å²) in [6.07, 6.45) is 3.37. The van der Waals surface area contributed by atoms with E-state index in [9.17, 15) is 9.90 Å². The first-order valence-electron chi connectivity index (χ1n) is 9.24. The lowest BCUT2D eigenvalue weighted by molar-refractivity contribution is -0.131. The zero-order chi connectivity index (χ0) is 20.6. The third kappa shape index (κ3) is 5.37. The molecule has 0 spiro atoms. The van der Waals surface area contributed by atoms with Gasteiger partial charge in [-0.05, 0) is 58.0 Å². The fourth-order valence-corrected chi connectivity index (χ4v) is 3.41. The van der Waals surface area contributed by atoms with Crippen molar-refractivity contribution in [1.82, 2.24) is 0 Å². The van der Waals surface area contributed by atoms with Crippen LogP contribution in [0.1, 0.15) is 28.7 Å². The van der Waals surface area contributed by atoms with Crippen molar-refractivity contribution in [3.8, 4) is 5.75 Å². The van der Waals surface area contributed by atoms with Crippen molar-refractivity contribution >= 4 is 34.8 Å². The molecule has 0 aliphatic carbocycles. The Kier molecular flexibility index (Phi) is 6.88. The van der Waals surface area contributed by atoms with Gasteiger partial charge in [0.25, 0.3) is 0 Å². The Morgan fingerprint density at radius 2 is 1.41 bits per heavy atom. The molecule has 0 unspecified atom stereocenters. The molecule has 3 rings (SSSR count). The van der Waals surface area contributed by atoms with Crippen molar-refractivity contribution < 1.29 is 15.0 Å². The lowest BCUT2D eigenvalue weighted by Crippen LogP contribution is -1.97. The number of hydrogen-bond donors (Lipinski definition) is 2. The first-order valence-corrected chi connectivity index (χ1v) is 9.77. The Morgan fingerprint density at radius 1 is 0.828 bits per heavy atom. The number of aromatic hydroxyl groups is 1. The van der Waals surface area contributed by atoms with E-state index < -0.39 is 5.97 Å². The molecular weight excluding hydrogens is 384 g/mol. The summed E-state index contributed by atoms with van der Waals surface area (Å²) in [4.78, 5) is 10.8. The van der Waals surface area contributed by atoms with E-state index in [0.29, 0.717) is 12.3 Å². The van der Waals surface area contributed by atoms with E-state index in [4.69, 9.17) is 16.7 Å². The molecule has 0 amide bonds. The summed E-state index contributed by atoms with van der Waals surface area (Å²) in [5, 5.41) is 18.5. The smallest absolute Gasteiger partial charge is 0.328 e. The molecule has 0 radical (unpaired) electrons. The molecule has 0 saturated carbocycles. The van der Waals surface area contributed by atoms with Gasteiger partial charge in [0, 0.05) is 12.0 Å². The number of hydrogen-bond acceptors (Lipinski definition) is 2. The average Bonchev–Trinajstić information content (AvgIpc) is 2.74. The third-order valence-electron chi connectivity index (χ3n) is 4.54. The van der Waals surface area contributed by atoms with Gasteiger partial charge >= 0.3 is 5.97 Å². The molecule has 0 aliphatic heterocycles. The molecule has 0 fully saturated rings. The highest BCUT2D eigenvalue weighted by atomic mass is 35.5. The molecule has 146 valence electrons. The summed E-state index contributed by atoms with van der Waals surface area (Å²) >= 11 is 6.15. The van der Waals surface area contributed by atoms with Crippen LogP contribution < -0.4 is 0 Å². The molecular formula is C25H21ClO3. The van der Waals surface area contributed by atoms with E-state index >= 15 is 0 Å². The lowest BCUT2D eigenvalue weighted by Gasteiger charge is -2.17. The Morgan fingerprint density at radius 3 is 1.97 bits per heavy atom. The molecule has 3 nitrogen and oxygen atoms in total. The van der Waals surface area contributed by atoms with Crippen LogP contribution in [0.2, 0.25) is 0 Å². The first kappa shape index (κ1) is 20.4. The van der Waals surface area contributed by atoms with E-state index in [2.05, 4.69) is 12.1 Å². The van der Waals surface area contributed by atoms with E-state index in [1.54, 1.807) is 18.2 Å². The Balaban J connectivity index is 2.17. The SMILES string of the molecule is O=C(O)/C=C/c1ccc(/C(=C(/CCCl)c2ccccc2)c2ccc(O)cc2)cc1. The topological polar surface area (TPSA) is 57.5 Å². The third-order valence-corrected chi connectivity index (χ3v) is 4.73. The van der Waals surface area contributed by atoms with Gasteiger partial charge in [0.15, 0.2) is 0 Å². The van der Waals surface area contributed by atoms with Crippen LogP contribution in [-0.4, -0.2) is 22.1 Å². The predicted molar refractivity (Wildman–Crippen MR) is 119 cm³/mol. The van der Waals surface area contributed by atoms with Gasteiger partial charge in [-0.25, -0.2) is 4.79 Å². The number of carboxylic acids is 1. The van der Waals surface area contributed by atoms with Crippen molar-refractivity contribution in [2.45, 2.75) is 6.42 Å². The fourth-order valence-electron chi connectivity index (χ4n) is 3.22. The van der Waals surface area contributed by atoms with Crippen LogP contribution >= 0.6 is 11.6 Å². The van der Waals surface area contributed by atoms with E-state index in [1.807, 2.05) is 54.6 Å². The predicted octanol–water partition coefficient (Wildman–Crippen LogP) is 6.08. The van der Waals surface area contributed by atoms with Crippen molar-refractivity contribution in [2.75, 3.05) is 5.88 Å². The van der Waals surface area contributed by atoms with Crippen LogP contribution in [0, 0.1) is 0 Å². The van der Waals surface area contributed by atoms with Gasteiger partial charge in [0.1, 0.15) is 5.75 Å². The number of alkyl halides is 1. The van der Waals surface area contributed by atoms with Crippen LogP contribution in [0.15, 0.2) is 84.9 Å². The van der Waals surface area contributed by atoms with Crippen LogP contribution in [-0.2, 0) is 4.79 Å². The maximum atomic E-state index is 10.8. The standard InChI is InChI=1S/C25H21ClO3/c26-17-16-23(19-4-2-1-3-5-19)25(21-11-13-22(27)14-12-21)20-9-6-18(7-10-20)8-15-24(28)29/h1-15,27H,16-17H2,(H,28,29)/b15-8+,25-23+. The van der Waals surface area contributed by atoms with Crippen molar-refractivity contribution in [2.24, 2.45) is 0 Å². The van der Waals surface area contributed by atoms with Gasteiger partial charge < -0.3 is 10.2 Å². The van der Waals surface area contributed by atoms with E-state index in [-0.39, 0.29) is 5.75 Å². The number of allylic oxidation sites excluding steroid dienone is 1. The molecule has 29 heavy (non-hydrogen) atoms. The number of halogens is 1. The number of phenols is 1. The first-order chi connectivity index (χ1) is 14.1. The summed E-state index contributed by atoms with van der Waals surface area (Å²) in [6, 6.07) is 24.9. The average molecular weight is 405 g/mol. The summed E-state index contributed by atoms with van der Waals surface area (Å²) in [6.45, 7) is 0. The number of aliphatic carboxylic acids is 1. The van der Waals surface area contributed by atoms with Gasteiger partial charge in [-0.1, -0.05) is 66.7 Å².